The summed E-state index contributed by atoms with van der Waals surface area (Å²) in [5.74, 6) is -0.222. The molecule has 0 aromatic carbocycles. The van der Waals surface area contributed by atoms with Gasteiger partial charge in [-0.25, -0.2) is 4.79 Å². The number of nitrogens with zero attached hydrogens (tertiary/aromatic N) is 1. The molecule has 1 aromatic heterocycles. The molecule has 0 aliphatic heterocycles. The van der Waals surface area contributed by atoms with Crippen molar-refractivity contribution in [3.63, 3.8) is 0 Å². The van der Waals surface area contributed by atoms with Gasteiger partial charge < -0.3 is 28.7 Å². The first-order valence-corrected chi connectivity index (χ1v) is 4.65. The third kappa shape index (κ3) is 2.91. The van der Waals surface area contributed by atoms with Crippen LogP contribution in [0.4, 0.5) is 0 Å². The molecule has 0 atom stereocenters. The van der Waals surface area contributed by atoms with E-state index in [2.05, 4.69) is 0 Å². The molecule has 1 heterocycles. The quantitative estimate of drug-likeness (QED) is 0.361. The summed E-state index contributed by atoms with van der Waals surface area (Å²) in [4.78, 5) is 11.9. The van der Waals surface area contributed by atoms with Gasteiger partial charge in [-0.3, -0.25) is 0 Å². The first kappa shape index (κ1) is 12.8. The van der Waals surface area contributed by atoms with E-state index in [0.717, 1.165) is 5.69 Å². The van der Waals surface area contributed by atoms with Crippen LogP contribution in [0.1, 0.15) is 22.3 Å². The molecule has 3 nitrogen and oxygen atoms in total. The van der Waals surface area contributed by atoms with E-state index in [9.17, 15) is 4.79 Å². The van der Waals surface area contributed by atoms with E-state index < -0.39 is 0 Å². The van der Waals surface area contributed by atoms with Crippen molar-refractivity contribution in [2.24, 2.45) is 7.05 Å². The Labute approximate surface area is 98.7 Å². The molecular weight excluding hydrogens is 301 g/mol. The molecule has 0 spiro atoms. The summed E-state index contributed by atoms with van der Waals surface area (Å²) < 4.78 is 6.79. The second-order valence-electron chi connectivity index (χ2n) is 2.47. The van der Waals surface area contributed by atoms with Crippen LogP contribution in [0, 0.1) is 6.92 Å². The maximum absolute atomic E-state index is 11.3. The van der Waals surface area contributed by atoms with Gasteiger partial charge in [0.2, 0.25) is 11.2 Å². The van der Waals surface area contributed by atoms with Gasteiger partial charge in [-0.05, 0) is 6.92 Å². The van der Waals surface area contributed by atoms with Crippen LogP contribution in [0.2, 0.25) is 0 Å². The van der Waals surface area contributed by atoms with E-state index in [1.807, 2.05) is 24.0 Å². The first-order valence-electron chi connectivity index (χ1n) is 3.77. The van der Waals surface area contributed by atoms with E-state index in [0.29, 0.717) is 11.5 Å². The number of rotatable bonds is 2. The Morgan fingerprint density at radius 1 is 1.69 bits per heavy atom. The highest BCUT2D eigenvalue weighted by Gasteiger charge is 2.19. The molecule has 0 bridgehead atoms. The van der Waals surface area contributed by atoms with Crippen molar-refractivity contribution in [3.8, 4) is 0 Å². The van der Waals surface area contributed by atoms with Crippen LogP contribution in [0.25, 0.3) is 0 Å². The maximum Gasteiger partial charge on any atom is 0.355 e. The molecule has 0 aliphatic rings. The fraction of sp³-hybridized carbons (Fsp3) is 0.500. The van der Waals surface area contributed by atoms with E-state index in [-0.39, 0.29) is 29.9 Å². The average molecular weight is 313 g/mol. The van der Waals surface area contributed by atoms with Crippen molar-refractivity contribution in [2.75, 3.05) is 6.61 Å². The topological polar surface area (TPSA) is 30.2 Å². The van der Waals surface area contributed by atoms with Gasteiger partial charge in [-0.15, -0.1) is 0 Å². The molecule has 13 heavy (non-hydrogen) atoms. The lowest BCUT2D eigenvalue weighted by atomic mass is 10.4. The standard InChI is InChI=1S/C8H12NO2S.HI/c1-4-11-8(10)7-6(2)9(3)5-12-7;/h5H,4H2,1-3H3;1H/q+1;/p-1. The SMILES string of the molecule is CCOC(=O)c1sc[n+](C)c1C.[I-]. The number of carbonyl (C=O) groups is 1. The van der Waals surface area contributed by atoms with Crippen LogP contribution in [-0.2, 0) is 11.8 Å². The van der Waals surface area contributed by atoms with E-state index in [1.165, 1.54) is 11.3 Å². The summed E-state index contributed by atoms with van der Waals surface area (Å²) in [5, 5.41) is 0. The molecule has 0 N–H and O–H groups in total. The second kappa shape index (κ2) is 5.54. The summed E-state index contributed by atoms with van der Waals surface area (Å²) in [6.45, 7) is 4.14. The van der Waals surface area contributed by atoms with Gasteiger partial charge in [0, 0.05) is 6.92 Å². The number of thiazole rings is 1. The molecule has 0 saturated heterocycles. The Hall–Kier alpha value is -0.170. The van der Waals surface area contributed by atoms with Crippen molar-refractivity contribution in [1.82, 2.24) is 0 Å². The molecule has 0 amide bonds. The molecule has 0 fully saturated rings. The number of esters is 1. The number of aromatic nitrogens is 1. The third-order valence-electron chi connectivity index (χ3n) is 1.65. The van der Waals surface area contributed by atoms with Gasteiger partial charge in [0.25, 0.3) is 0 Å². The number of ether oxygens (including phenoxy) is 1. The Morgan fingerprint density at radius 2 is 2.31 bits per heavy atom. The van der Waals surface area contributed by atoms with Crippen LogP contribution >= 0.6 is 11.3 Å². The van der Waals surface area contributed by atoms with E-state index in [1.54, 1.807) is 6.92 Å². The van der Waals surface area contributed by atoms with E-state index in [4.69, 9.17) is 4.74 Å². The maximum atomic E-state index is 11.3. The molecule has 1 aromatic rings. The number of carbonyl (C=O) groups excluding carboxylic acids is 1. The van der Waals surface area contributed by atoms with Crippen molar-refractivity contribution in [3.05, 3.63) is 16.1 Å². The number of aryl methyl sites for hydroxylation is 1. The Kier molecular flexibility index (Phi) is 5.46. The minimum atomic E-state index is -0.222. The number of hydrogen-bond donors (Lipinski definition) is 0. The lowest BCUT2D eigenvalue weighted by molar-refractivity contribution is -0.672. The number of hydrogen-bond acceptors (Lipinski definition) is 3. The van der Waals surface area contributed by atoms with Crippen LogP contribution in [0.3, 0.4) is 0 Å². The highest BCUT2D eigenvalue weighted by molar-refractivity contribution is 7.11. The molecule has 0 radical (unpaired) electrons. The average Bonchev–Trinajstić information content (AvgIpc) is 2.34. The summed E-state index contributed by atoms with van der Waals surface area (Å²) in [6.07, 6.45) is 0. The minimum absolute atomic E-state index is 0. The molecule has 0 unspecified atom stereocenters. The molecule has 74 valence electrons. The van der Waals surface area contributed by atoms with Gasteiger partial charge in [-0.1, -0.05) is 11.3 Å². The van der Waals surface area contributed by atoms with Gasteiger partial charge in [0.05, 0.1) is 6.61 Å². The molecular formula is C8H12INO2S. The fourth-order valence-corrected chi connectivity index (χ4v) is 1.74. The van der Waals surface area contributed by atoms with Crippen molar-refractivity contribution in [2.45, 2.75) is 13.8 Å². The third-order valence-corrected chi connectivity index (χ3v) is 2.77. The lowest BCUT2D eigenvalue weighted by Crippen LogP contribution is -3.00. The monoisotopic (exact) mass is 313 g/mol. The van der Waals surface area contributed by atoms with Crippen LogP contribution in [0.15, 0.2) is 5.51 Å². The second-order valence-corrected chi connectivity index (χ2v) is 3.32. The van der Waals surface area contributed by atoms with Crippen molar-refractivity contribution < 1.29 is 38.1 Å². The van der Waals surface area contributed by atoms with Crippen molar-refractivity contribution in [1.29, 1.82) is 0 Å². The summed E-state index contributed by atoms with van der Waals surface area (Å²) >= 11 is 1.41. The summed E-state index contributed by atoms with van der Waals surface area (Å²) in [5.41, 5.74) is 2.85. The van der Waals surface area contributed by atoms with Crippen molar-refractivity contribution >= 4 is 17.3 Å². The molecule has 5 heteroatoms. The Morgan fingerprint density at radius 3 is 2.69 bits per heavy atom. The minimum Gasteiger partial charge on any atom is -1.00 e. The van der Waals surface area contributed by atoms with Crippen LogP contribution in [0.5, 0.6) is 0 Å². The summed E-state index contributed by atoms with van der Waals surface area (Å²) in [6, 6.07) is 0. The zero-order valence-electron chi connectivity index (χ0n) is 7.83. The largest absolute Gasteiger partial charge is 1.00 e. The zero-order chi connectivity index (χ0) is 9.14. The van der Waals surface area contributed by atoms with Gasteiger partial charge in [-0.2, -0.15) is 4.57 Å². The molecule has 0 aliphatic carbocycles. The Balaban J connectivity index is 0.00000144. The summed E-state index contributed by atoms with van der Waals surface area (Å²) in [7, 11) is 1.91. The van der Waals surface area contributed by atoms with E-state index >= 15 is 0 Å². The fourth-order valence-electron chi connectivity index (χ4n) is 0.849. The predicted molar refractivity (Wildman–Crippen MR) is 46.2 cm³/mol. The zero-order valence-corrected chi connectivity index (χ0v) is 10.8. The van der Waals surface area contributed by atoms with Crippen LogP contribution in [-0.4, -0.2) is 12.6 Å². The molecule has 1 rings (SSSR count). The van der Waals surface area contributed by atoms with Crippen LogP contribution < -0.4 is 28.5 Å². The normalized spacial score (nSPS) is 9.15. The lowest BCUT2D eigenvalue weighted by Gasteiger charge is -1.96. The first-order chi connectivity index (χ1) is 5.66. The predicted octanol–water partition coefficient (Wildman–Crippen LogP) is -1.94. The van der Waals surface area contributed by atoms with Gasteiger partial charge >= 0.3 is 5.97 Å². The Bertz CT molecular complexity index is 298. The highest BCUT2D eigenvalue weighted by atomic mass is 127. The van der Waals surface area contributed by atoms with Gasteiger partial charge in [0.15, 0.2) is 4.88 Å². The highest BCUT2D eigenvalue weighted by Crippen LogP contribution is 2.11. The smallest absolute Gasteiger partial charge is 0.355 e. The number of halogens is 1. The molecule has 0 saturated carbocycles. The van der Waals surface area contributed by atoms with Gasteiger partial charge in [0.1, 0.15) is 7.05 Å².